The Hall–Kier alpha value is -0.120. The fourth-order valence-electron chi connectivity index (χ4n) is 1.49. The molecule has 1 rings (SSSR count). The standard InChI is InChI=1S/C8H19N3/c1-10(2)7-8-6-9-4-5-11(8)3/h8-9H,4-7H2,1-3H3. The van der Waals surface area contributed by atoms with Gasteiger partial charge in [-0.2, -0.15) is 0 Å². The second-order valence-electron chi connectivity index (χ2n) is 3.60. The minimum absolute atomic E-state index is 0.693. The molecule has 11 heavy (non-hydrogen) atoms. The zero-order chi connectivity index (χ0) is 8.27. The summed E-state index contributed by atoms with van der Waals surface area (Å²) in [5.74, 6) is 0. The SMILES string of the molecule is CN(C)CC1CNCCN1C. The van der Waals surface area contributed by atoms with Crippen LogP contribution in [-0.2, 0) is 0 Å². The molecule has 0 bridgehead atoms. The summed E-state index contributed by atoms with van der Waals surface area (Å²) >= 11 is 0. The van der Waals surface area contributed by atoms with Crippen LogP contribution in [0.3, 0.4) is 0 Å². The zero-order valence-electron chi connectivity index (χ0n) is 7.80. The Morgan fingerprint density at radius 2 is 2.27 bits per heavy atom. The van der Waals surface area contributed by atoms with Gasteiger partial charge in [0.2, 0.25) is 0 Å². The maximum Gasteiger partial charge on any atom is 0.0345 e. The van der Waals surface area contributed by atoms with Crippen molar-refractivity contribution < 1.29 is 0 Å². The predicted molar refractivity (Wildman–Crippen MR) is 47.8 cm³/mol. The lowest BCUT2D eigenvalue weighted by Gasteiger charge is -2.34. The van der Waals surface area contributed by atoms with Gasteiger partial charge in [-0.05, 0) is 21.1 Å². The van der Waals surface area contributed by atoms with Crippen LogP contribution in [0.15, 0.2) is 0 Å². The summed E-state index contributed by atoms with van der Waals surface area (Å²) in [5, 5.41) is 3.40. The predicted octanol–water partition coefficient (Wildman–Crippen LogP) is -0.548. The van der Waals surface area contributed by atoms with Crippen molar-refractivity contribution in [3.8, 4) is 0 Å². The Balaban J connectivity index is 2.29. The van der Waals surface area contributed by atoms with Crippen LogP contribution in [0, 0.1) is 0 Å². The first-order valence-electron chi connectivity index (χ1n) is 4.26. The van der Waals surface area contributed by atoms with Gasteiger partial charge in [0.25, 0.3) is 0 Å². The molecule has 1 aliphatic rings. The van der Waals surface area contributed by atoms with Crippen molar-refractivity contribution in [2.45, 2.75) is 6.04 Å². The van der Waals surface area contributed by atoms with E-state index in [1.54, 1.807) is 0 Å². The summed E-state index contributed by atoms with van der Waals surface area (Å²) < 4.78 is 0. The van der Waals surface area contributed by atoms with Crippen molar-refractivity contribution in [2.75, 3.05) is 47.3 Å². The van der Waals surface area contributed by atoms with E-state index in [4.69, 9.17) is 0 Å². The van der Waals surface area contributed by atoms with Gasteiger partial charge in [-0.15, -0.1) is 0 Å². The van der Waals surface area contributed by atoms with E-state index in [9.17, 15) is 0 Å². The van der Waals surface area contributed by atoms with E-state index in [2.05, 4.69) is 36.3 Å². The number of piperazine rings is 1. The first kappa shape index (κ1) is 8.97. The van der Waals surface area contributed by atoms with Crippen LogP contribution in [0.1, 0.15) is 0 Å². The smallest absolute Gasteiger partial charge is 0.0345 e. The summed E-state index contributed by atoms with van der Waals surface area (Å²) in [6.07, 6.45) is 0. The molecule has 3 nitrogen and oxygen atoms in total. The van der Waals surface area contributed by atoms with E-state index in [1.807, 2.05) is 0 Å². The molecule has 3 heteroatoms. The van der Waals surface area contributed by atoms with E-state index in [1.165, 1.54) is 6.54 Å². The maximum absolute atomic E-state index is 3.40. The number of nitrogens with zero attached hydrogens (tertiary/aromatic N) is 2. The maximum atomic E-state index is 3.40. The highest BCUT2D eigenvalue weighted by molar-refractivity contribution is 4.78. The summed E-state index contributed by atoms with van der Waals surface area (Å²) in [7, 11) is 6.46. The fraction of sp³-hybridized carbons (Fsp3) is 1.00. The number of rotatable bonds is 2. The van der Waals surface area contributed by atoms with E-state index in [0.29, 0.717) is 6.04 Å². The lowest BCUT2D eigenvalue weighted by molar-refractivity contribution is 0.164. The van der Waals surface area contributed by atoms with Crippen molar-refractivity contribution in [3.63, 3.8) is 0 Å². The first-order valence-corrected chi connectivity index (χ1v) is 4.26. The van der Waals surface area contributed by atoms with E-state index in [0.717, 1.165) is 19.6 Å². The number of hydrogen-bond donors (Lipinski definition) is 1. The van der Waals surface area contributed by atoms with Gasteiger partial charge in [-0.1, -0.05) is 0 Å². The lowest BCUT2D eigenvalue weighted by Crippen LogP contribution is -2.53. The van der Waals surface area contributed by atoms with Gasteiger partial charge in [-0.3, -0.25) is 4.90 Å². The number of hydrogen-bond acceptors (Lipinski definition) is 3. The van der Waals surface area contributed by atoms with E-state index in [-0.39, 0.29) is 0 Å². The Morgan fingerprint density at radius 3 is 2.82 bits per heavy atom. The minimum atomic E-state index is 0.693. The second-order valence-corrected chi connectivity index (χ2v) is 3.60. The Morgan fingerprint density at radius 1 is 1.55 bits per heavy atom. The molecule has 0 spiro atoms. The van der Waals surface area contributed by atoms with Crippen molar-refractivity contribution in [1.29, 1.82) is 0 Å². The second kappa shape index (κ2) is 4.04. The Bertz CT molecular complexity index is 114. The molecule has 66 valence electrons. The average Bonchev–Trinajstić information content (AvgIpc) is 1.93. The largest absolute Gasteiger partial charge is 0.314 e. The lowest BCUT2D eigenvalue weighted by atomic mass is 10.2. The molecule has 0 radical (unpaired) electrons. The van der Waals surface area contributed by atoms with Gasteiger partial charge in [0.1, 0.15) is 0 Å². The number of nitrogens with one attached hydrogen (secondary N) is 1. The molecule has 0 aromatic heterocycles. The molecule has 1 N–H and O–H groups in total. The summed E-state index contributed by atoms with van der Waals surface area (Å²) in [6.45, 7) is 4.61. The molecular formula is C8H19N3. The average molecular weight is 157 g/mol. The molecule has 0 saturated carbocycles. The van der Waals surface area contributed by atoms with Crippen molar-refractivity contribution in [2.24, 2.45) is 0 Å². The minimum Gasteiger partial charge on any atom is -0.314 e. The topological polar surface area (TPSA) is 18.5 Å². The summed E-state index contributed by atoms with van der Waals surface area (Å²) in [6, 6.07) is 0.693. The highest BCUT2D eigenvalue weighted by Crippen LogP contribution is 1.99. The third-order valence-corrected chi connectivity index (χ3v) is 2.22. The third kappa shape index (κ3) is 2.77. The summed E-state index contributed by atoms with van der Waals surface area (Å²) in [5.41, 5.74) is 0. The molecule has 1 atom stereocenters. The van der Waals surface area contributed by atoms with Gasteiger partial charge < -0.3 is 10.2 Å². The molecule has 1 aliphatic heterocycles. The van der Waals surface area contributed by atoms with Gasteiger partial charge in [0.05, 0.1) is 0 Å². The molecule has 0 aromatic rings. The van der Waals surface area contributed by atoms with Gasteiger partial charge >= 0.3 is 0 Å². The first-order chi connectivity index (χ1) is 5.20. The van der Waals surface area contributed by atoms with E-state index >= 15 is 0 Å². The monoisotopic (exact) mass is 157 g/mol. The molecule has 0 amide bonds. The van der Waals surface area contributed by atoms with Crippen molar-refractivity contribution >= 4 is 0 Å². The highest BCUT2D eigenvalue weighted by atomic mass is 15.2. The normalized spacial score (nSPS) is 27.8. The number of likely N-dealkylation sites (N-methyl/N-ethyl adjacent to an activating group) is 2. The van der Waals surface area contributed by atoms with E-state index < -0.39 is 0 Å². The summed E-state index contributed by atoms with van der Waals surface area (Å²) in [4.78, 5) is 4.67. The van der Waals surface area contributed by atoms with Gasteiger partial charge in [-0.25, -0.2) is 0 Å². The Kier molecular flexibility index (Phi) is 3.30. The van der Waals surface area contributed by atoms with Crippen LogP contribution in [0.5, 0.6) is 0 Å². The highest BCUT2D eigenvalue weighted by Gasteiger charge is 2.18. The zero-order valence-corrected chi connectivity index (χ0v) is 7.80. The molecule has 0 aromatic carbocycles. The van der Waals surface area contributed by atoms with Crippen LogP contribution in [-0.4, -0.2) is 63.2 Å². The van der Waals surface area contributed by atoms with Crippen LogP contribution in [0.4, 0.5) is 0 Å². The van der Waals surface area contributed by atoms with Crippen molar-refractivity contribution in [3.05, 3.63) is 0 Å². The van der Waals surface area contributed by atoms with Gasteiger partial charge in [0, 0.05) is 32.2 Å². The van der Waals surface area contributed by atoms with Crippen LogP contribution >= 0.6 is 0 Å². The fourth-order valence-corrected chi connectivity index (χ4v) is 1.49. The molecule has 1 fully saturated rings. The molecule has 0 aliphatic carbocycles. The van der Waals surface area contributed by atoms with Crippen LogP contribution in [0.2, 0.25) is 0 Å². The van der Waals surface area contributed by atoms with Crippen LogP contribution < -0.4 is 5.32 Å². The molecular weight excluding hydrogens is 138 g/mol. The third-order valence-electron chi connectivity index (χ3n) is 2.22. The van der Waals surface area contributed by atoms with Crippen LogP contribution in [0.25, 0.3) is 0 Å². The quantitative estimate of drug-likeness (QED) is 0.580. The van der Waals surface area contributed by atoms with Crippen molar-refractivity contribution in [1.82, 2.24) is 15.1 Å². The Labute approximate surface area is 69.4 Å². The molecule has 1 unspecified atom stereocenters. The molecule has 1 heterocycles. The van der Waals surface area contributed by atoms with Gasteiger partial charge in [0.15, 0.2) is 0 Å². The molecule has 1 saturated heterocycles.